The predicted octanol–water partition coefficient (Wildman–Crippen LogP) is 5.40. The van der Waals surface area contributed by atoms with Crippen LogP contribution in [0.5, 0.6) is 0 Å². The normalized spacial score (nSPS) is 15.0. The van der Waals surface area contributed by atoms with E-state index in [-0.39, 0.29) is 17.4 Å². The Bertz CT molecular complexity index is 1400. The van der Waals surface area contributed by atoms with E-state index < -0.39 is 43.2 Å². The molecular formula is C26H24F5N5O3. The first-order valence-electron chi connectivity index (χ1n) is 12.0. The highest BCUT2D eigenvalue weighted by molar-refractivity contribution is 5.99. The van der Waals surface area contributed by atoms with Gasteiger partial charge in [0.1, 0.15) is 23.8 Å². The number of carboxylic acids is 1. The van der Waals surface area contributed by atoms with Crippen LogP contribution >= 0.6 is 0 Å². The molecule has 2 aromatic carbocycles. The second-order valence-corrected chi connectivity index (χ2v) is 8.99. The van der Waals surface area contributed by atoms with E-state index in [1.807, 2.05) is 4.90 Å². The Balaban J connectivity index is 1.59. The van der Waals surface area contributed by atoms with E-state index >= 15 is 0 Å². The molecule has 3 aromatic rings. The number of rotatable bonds is 8. The van der Waals surface area contributed by atoms with Crippen LogP contribution in [0.4, 0.5) is 27.8 Å². The van der Waals surface area contributed by atoms with Gasteiger partial charge in [0.05, 0.1) is 24.9 Å². The maximum Gasteiger partial charge on any atom is 0.390 e. The highest BCUT2D eigenvalue weighted by Gasteiger charge is 2.29. The van der Waals surface area contributed by atoms with E-state index in [1.165, 1.54) is 30.6 Å². The highest BCUT2D eigenvalue weighted by Crippen LogP contribution is 2.35. The van der Waals surface area contributed by atoms with Gasteiger partial charge in [-0.3, -0.25) is 9.79 Å². The molecule has 2 heterocycles. The second kappa shape index (κ2) is 11.7. The van der Waals surface area contributed by atoms with E-state index in [4.69, 9.17) is 9.94 Å². The van der Waals surface area contributed by atoms with Gasteiger partial charge < -0.3 is 14.8 Å². The zero-order valence-electron chi connectivity index (χ0n) is 20.6. The maximum atomic E-state index is 14.8. The Kier molecular flexibility index (Phi) is 8.36. The lowest BCUT2D eigenvalue weighted by molar-refractivity contribution is -0.136. The molecule has 1 aliphatic heterocycles. The zero-order valence-corrected chi connectivity index (χ0v) is 20.6. The van der Waals surface area contributed by atoms with Gasteiger partial charge in [0, 0.05) is 36.7 Å². The number of hydrogen-bond acceptors (Lipinski definition) is 7. The average molecular weight is 550 g/mol. The molecule has 13 heteroatoms. The van der Waals surface area contributed by atoms with Crippen molar-refractivity contribution in [2.45, 2.75) is 31.9 Å². The summed E-state index contributed by atoms with van der Waals surface area (Å²) in [5.74, 6) is -2.25. The Hall–Kier alpha value is -4.16. The molecular weight excluding hydrogens is 525 g/mol. The Morgan fingerprint density at radius 3 is 2.54 bits per heavy atom. The van der Waals surface area contributed by atoms with Gasteiger partial charge in [-0.2, -0.15) is 13.2 Å². The van der Waals surface area contributed by atoms with Crippen LogP contribution in [0.3, 0.4) is 0 Å². The van der Waals surface area contributed by atoms with Crippen molar-refractivity contribution in [2.24, 2.45) is 16.1 Å². The number of alkyl halides is 3. The maximum absolute atomic E-state index is 14.8. The number of aliphatic carboxylic acids is 1. The van der Waals surface area contributed by atoms with Crippen LogP contribution in [0.25, 0.3) is 22.0 Å². The molecule has 8 nitrogen and oxygen atoms in total. The summed E-state index contributed by atoms with van der Waals surface area (Å²) in [5, 5.41) is 12.7. The van der Waals surface area contributed by atoms with Crippen molar-refractivity contribution in [1.29, 1.82) is 0 Å². The van der Waals surface area contributed by atoms with Crippen molar-refractivity contribution in [3.8, 4) is 11.1 Å². The van der Waals surface area contributed by atoms with Crippen molar-refractivity contribution >= 4 is 35.3 Å². The number of benzene rings is 2. The van der Waals surface area contributed by atoms with Crippen LogP contribution in [-0.4, -0.2) is 59.5 Å². The fourth-order valence-electron chi connectivity index (χ4n) is 4.54. The van der Waals surface area contributed by atoms with Crippen LogP contribution < -0.4 is 4.90 Å². The molecule has 0 radical (unpaired) electrons. The number of carboxylic acid groups (broad SMARTS) is 1. The lowest BCUT2D eigenvalue weighted by Gasteiger charge is -2.33. The van der Waals surface area contributed by atoms with Crippen LogP contribution in [0.1, 0.15) is 24.8 Å². The molecule has 1 fully saturated rings. The van der Waals surface area contributed by atoms with Crippen molar-refractivity contribution in [1.82, 2.24) is 9.97 Å². The van der Waals surface area contributed by atoms with E-state index in [9.17, 15) is 26.7 Å². The number of carbonyl (C=O) groups is 1. The average Bonchev–Trinajstić information content (AvgIpc) is 2.88. The third-order valence-corrected chi connectivity index (χ3v) is 6.35. The number of oxime groups is 1. The molecule has 0 amide bonds. The molecule has 0 atom stereocenters. The fraction of sp³-hybridized carbons (Fsp3) is 0.346. The summed E-state index contributed by atoms with van der Waals surface area (Å²) >= 11 is 0. The van der Waals surface area contributed by atoms with Gasteiger partial charge in [0.25, 0.3) is 0 Å². The van der Waals surface area contributed by atoms with Crippen molar-refractivity contribution in [2.75, 3.05) is 24.5 Å². The quantitative estimate of drug-likeness (QED) is 0.175. The number of aliphatic imine (C=N–C) groups is 1. The van der Waals surface area contributed by atoms with Gasteiger partial charge in [0.15, 0.2) is 0 Å². The lowest BCUT2D eigenvalue weighted by atomic mass is 9.95. The summed E-state index contributed by atoms with van der Waals surface area (Å²) in [7, 11) is 0. The number of piperidine rings is 1. The highest BCUT2D eigenvalue weighted by atomic mass is 19.4. The van der Waals surface area contributed by atoms with Crippen LogP contribution in [-0.2, 0) is 16.1 Å². The minimum atomic E-state index is -4.34. The molecule has 39 heavy (non-hydrogen) atoms. The van der Waals surface area contributed by atoms with Gasteiger partial charge in [0.2, 0.25) is 5.90 Å². The minimum absolute atomic E-state index is 0.00194. The second-order valence-electron chi connectivity index (χ2n) is 8.99. The minimum Gasteiger partial charge on any atom is -0.481 e. The number of anilines is 1. The van der Waals surface area contributed by atoms with Crippen molar-refractivity contribution < 1.29 is 36.7 Å². The third kappa shape index (κ3) is 6.84. The number of aromatic nitrogens is 2. The van der Waals surface area contributed by atoms with Gasteiger partial charge in [-0.25, -0.2) is 18.7 Å². The first-order valence-corrected chi connectivity index (χ1v) is 12.0. The monoisotopic (exact) mass is 549 g/mol. The van der Waals surface area contributed by atoms with Crippen LogP contribution in [0.2, 0.25) is 0 Å². The molecule has 1 aliphatic rings. The molecule has 1 aromatic heterocycles. The summed E-state index contributed by atoms with van der Waals surface area (Å²) in [6, 6.07) is 6.50. The van der Waals surface area contributed by atoms with E-state index in [0.717, 1.165) is 6.07 Å². The molecule has 1 N–H and O–H groups in total. The molecule has 0 saturated carbocycles. The number of hydrogen-bond donors (Lipinski definition) is 1. The molecule has 0 spiro atoms. The molecule has 206 valence electrons. The Morgan fingerprint density at radius 2 is 1.90 bits per heavy atom. The fourth-order valence-corrected chi connectivity index (χ4v) is 4.54. The summed E-state index contributed by atoms with van der Waals surface area (Å²) in [6.45, 7) is 3.58. The van der Waals surface area contributed by atoms with E-state index in [0.29, 0.717) is 53.8 Å². The first-order chi connectivity index (χ1) is 18.6. The van der Waals surface area contributed by atoms with Gasteiger partial charge in [-0.15, -0.1) is 0 Å². The Morgan fingerprint density at radius 1 is 1.15 bits per heavy atom. The summed E-state index contributed by atoms with van der Waals surface area (Å²) in [6.07, 6.45) is -3.67. The summed E-state index contributed by atoms with van der Waals surface area (Å²) in [4.78, 5) is 30.5. The molecule has 0 unspecified atom stereocenters. The van der Waals surface area contributed by atoms with Crippen molar-refractivity contribution in [3.63, 3.8) is 0 Å². The summed E-state index contributed by atoms with van der Waals surface area (Å²) < 4.78 is 66.9. The molecule has 0 bridgehead atoms. The van der Waals surface area contributed by atoms with E-state index in [2.05, 4.69) is 26.8 Å². The van der Waals surface area contributed by atoms with Gasteiger partial charge >= 0.3 is 12.1 Å². The van der Waals surface area contributed by atoms with Gasteiger partial charge in [-0.05, 0) is 42.2 Å². The number of halogens is 5. The number of fused-ring (bicyclic) bond motifs is 1. The van der Waals surface area contributed by atoms with E-state index in [1.54, 1.807) is 0 Å². The molecule has 0 aliphatic carbocycles. The smallest absolute Gasteiger partial charge is 0.390 e. The number of nitrogens with zero attached hydrogens (tertiary/aromatic N) is 5. The molecule has 4 rings (SSSR count). The molecule has 1 saturated heterocycles. The van der Waals surface area contributed by atoms with Crippen LogP contribution in [0.15, 0.2) is 46.8 Å². The van der Waals surface area contributed by atoms with Crippen molar-refractivity contribution in [3.05, 3.63) is 53.9 Å². The van der Waals surface area contributed by atoms with Gasteiger partial charge in [-0.1, -0.05) is 17.3 Å². The largest absolute Gasteiger partial charge is 0.481 e. The summed E-state index contributed by atoms with van der Waals surface area (Å²) in [5.41, 5.74) is 1.02. The SMILES string of the molecule is C=NOC(=NCCC(F)(F)F)C1CCN(c2ncnc3c(-c4ccc(CC(=O)O)c(F)c4)cc(F)cc23)CC1. The topological polar surface area (TPSA) is 100 Å². The lowest BCUT2D eigenvalue weighted by Crippen LogP contribution is -2.37. The van der Waals surface area contributed by atoms with Crippen LogP contribution in [0, 0.1) is 17.6 Å². The third-order valence-electron chi connectivity index (χ3n) is 6.35. The Labute approximate surface area is 219 Å². The first kappa shape index (κ1) is 27.9. The predicted molar refractivity (Wildman–Crippen MR) is 135 cm³/mol. The zero-order chi connectivity index (χ0) is 28.2. The standard InChI is InChI=1S/C26H24F5N5O3/c1-32-39-25(33-7-6-26(29,30)31)15-4-8-36(9-5-15)24-20-13-18(27)12-19(23(20)34-14-35-24)16-2-3-17(11-22(37)38)21(28)10-16/h2-3,10,12-15H,1,4-9,11H2,(H,37,38).